The topological polar surface area (TPSA) is 26.0 Å². The highest BCUT2D eigenvalue weighted by Gasteiger charge is 2.06. The summed E-state index contributed by atoms with van der Waals surface area (Å²) in [6.07, 6.45) is 1.88. The predicted molar refractivity (Wildman–Crippen MR) is 82.5 cm³/mol. The molecule has 0 radical (unpaired) electrons. The average Bonchev–Trinajstić information content (AvgIpc) is 2.30. The van der Waals surface area contributed by atoms with Gasteiger partial charge in [0.15, 0.2) is 0 Å². The van der Waals surface area contributed by atoms with Crippen LogP contribution in [0.4, 0.5) is 0 Å². The lowest BCUT2D eigenvalue weighted by Crippen LogP contribution is -2.25. The monoisotopic (exact) mass is 253 g/mol. The Morgan fingerprint density at radius 2 is 1.26 bits per heavy atom. The van der Waals surface area contributed by atoms with Crippen LogP contribution in [0.2, 0.25) is 0 Å². The summed E-state index contributed by atoms with van der Waals surface area (Å²) in [5.41, 5.74) is 12.9. The van der Waals surface area contributed by atoms with E-state index >= 15 is 0 Å². The molecule has 0 amide bonds. The standard InChI is InChI=1S/C18H23N/c1-13-4-6-16(7-5-13)11-18(19)12-17-9-14(2)8-15(3)10-17/h4-10,18H,11-12,19H2,1-3H3. The molecule has 1 heteroatoms. The van der Waals surface area contributed by atoms with Gasteiger partial charge in [0.05, 0.1) is 0 Å². The van der Waals surface area contributed by atoms with E-state index in [0.717, 1.165) is 12.8 Å². The first-order valence-electron chi connectivity index (χ1n) is 6.91. The van der Waals surface area contributed by atoms with Crippen LogP contribution in [0.15, 0.2) is 42.5 Å². The molecular formula is C18H23N. The quantitative estimate of drug-likeness (QED) is 0.883. The van der Waals surface area contributed by atoms with Crippen molar-refractivity contribution in [3.8, 4) is 0 Å². The zero-order valence-electron chi connectivity index (χ0n) is 12.1. The molecule has 0 aliphatic heterocycles. The van der Waals surface area contributed by atoms with Crippen molar-refractivity contribution in [1.29, 1.82) is 0 Å². The van der Waals surface area contributed by atoms with Gasteiger partial charge in [-0.2, -0.15) is 0 Å². The number of nitrogens with two attached hydrogens (primary N) is 1. The van der Waals surface area contributed by atoms with Gasteiger partial charge in [0.1, 0.15) is 0 Å². The number of rotatable bonds is 4. The zero-order valence-corrected chi connectivity index (χ0v) is 12.1. The lowest BCUT2D eigenvalue weighted by molar-refractivity contribution is 0.664. The summed E-state index contributed by atoms with van der Waals surface area (Å²) in [6.45, 7) is 6.39. The molecule has 0 saturated carbocycles. The largest absolute Gasteiger partial charge is 0.327 e. The molecule has 0 aliphatic rings. The summed E-state index contributed by atoms with van der Waals surface area (Å²) < 4.78 is 0. The van der Waals surface area contributed by atoms with Crippen LogP contribution in [0.1, 0.15) is 27.8 Å². The molecule has 1 atom stereocenters. The molecule has 2 aromatic rings. The third-order valence-electron chi connectivity index (χ3n) is 3.40. The van der Waals surface area contributed by atoms with Gasteiger partial charge >= 0.3 is 0 Å². The van der Waals surface area contributed by atoms with E-state index in [0.29, 0.717) is 0 Å². The van der Waals surface area contributed by atoms with Gasteiger partial charge in [-0.3, -0.25) is 0 Å². The van der Waals surface area contributed by atoms with Gasteiger partial charge < -0.3 is 5.73 Å². The van der Waals surface area contributed by atoms with Crippen LogP contribution >= 0.6 is 0 Å². The van der Waals surface area contributed by atoms with E-state index in [1.54, 1.807) is 0 Å². The SMILES string of the molecule is Cc1ccc(CC(N)Cc2cc(C)cc(C)c2)cc1. The molecule has 0 bridgehead atoms. The molecule has 100 valence electrons. The van der Waals surface area contributed by atoms with Gasteiger partial charge in [-0.15, -0.1) is 0 Å². The number of aryl methyl sites for hydroxylation is 3. The highest BCUT2D eigenvalue weighted by molar-refractivity contribution is 5.29. The third kappa shape index (κ3) is 4.22. The Kier molecular flexibility index (Phi) is 4.39. The van der Waals surface area contributed by atoms with Crippen LogP contribution in [0.25, 0.3) is 0 Å². The molecule has 1 nitrogen and oxygen atoms in total. The van der Waals surface area contributed by atoms with Gasteiger partial charge in [0.25, 0.3) is 0 Å². The van der Waals surface area contributed by atoms with Crippen LogP contribution < -0.4 is 5.73 Å². The maximum atomic E-state index is 6.28. The minimum absolute atomic E-state index is 0.184. The Hall–Kier alpha value is -1.60. The smallest absolute Gasteiger partial charge is 0.0120 e. The Morgan fingerprint density at radius 3 is 1.84 bits per heavy atom. The first-order valence-corrected chi connectivity index (χ1v) is 6.91. The van der Waals surface area contributed by atoms with Gasteiger partial charge in [-0.25, -0.2) is 0 Å². The van der Waals surface area contributed by atoms with Gasteiger partial charge in [-0.05, 0) is 44.7 Å². The molecule has 0 aromatic heterocycles. The molecule has 0 aliphatic carbocycles. The fraction of sp³-hybridized carbons (Fsp3) is 0.333. The van der Waals surface area contributed by atoms with Crippen molar-refractivity contribution in [2.75, 3.05) is 0 Å². The van der Waals surface area contributed by atoms with Crippen molar-refractivity contribution in [1.82, 2.24) is 0 Å². The third-order valence-corrected chi connectivity index (χ3v) is 3.40. The Bertz CT molecular complexity index is 520. The van der Waals surface area contributed by atoms with Gasteiger partial charge in [0.2, 0.25) is 0 Å². The predicted octanol–water partition coefficient (Wildman–Crippen LogP) is 3.72. The first-order chi connectivity index (χ1) is 9.02. The maximum Gasteiger partial charge on any atom is 0.0120 e. The summed E-state index contributed by atoms with van der Waals surface area (Å²) in [7, 11) is 0. The van der Waals surface area contributed by atoms with Crippen LogP contribution in [0.5, 0.6) is 0 Å². The highest BCUT2D eigenvalue weighted by Crippen LogP contribution is 2.13. The van der Waals surface area contributed by atoms with Crippen LogP contribution in [-0.2, 0) is 12.8 Å². The highest BCUT2D eigenvalue weighted by atomic mass is 14.6. The van der Waals surface area contributed by atoms with Crippen molar-refractivity contribution < 1.29 is 0 Å². The van der Waals surface area contributed by atoms with E-state index in [1.807, 2.05) is 0 Å². The molecule has 0 spiro atoms. The lowest BCUT2D eigenvalue weighted by Gasteiger charge is -2.13. The van der Waals surface area contributed by atoms with E-state index in [-0.39, 0.29) is 6.04 Å². The van der Waals surface area contributed by atoms with Crippen LogP contribution in [-0.4, -0.2) is 6.04 Å². The van der Waals surface area contributed by atoms with E-state index < -0.39 is 0 Å². The lowest BCUT2D eigenvalue weighted by atomic mass is 9.97. The van der Waals surface area contributed by atoms with Crippen molar-refractivity contribution in [2.24, 2.45) is 5.73 Å². The Morgan fingerprint density at radius 1 is 0.737 bits per heavy atom. The number of benzene rings is 2. The fourth-order valence-corrected chi connectivity index (χ4v) is 2.59. The normalized spacial score (nSPS) is 12.4. The second kappa shape index (κ2) is 6.03. The molecule has 2 rings (SSSR count). The van der Waals surface area contributed by atoms with Gasteiger partial charge in [0, 0.05) is 6.04 Å². The number of hydrogen-bond donors (Lipinski definition) is 1. The van der Waals surface area contributed by atoms with E-state index in [2.05, 4.69) is 63.2 Å². The van der Waals surface area contributed by atoms with E-state index in [1.165, 1.54) is 27.8 Å². The van der Waals surface area contributed by atoms with Crippen LogP contribution in [0, 0.1) is 20.8 Å². The Labute approximate surface area is 116 Å². The molecule has 2 N–H and O–H groups in total. The maximum absolute atomic E-state index is 6.28. The summed E-state index contributed by atoms with van der Waals surface area (Å²) in [5, 5.41) is 0. The second-order valence-electron chi connectivity index (χ2n) is 5.65. The molecule has 1 unspecified atom stereocenters. The van der Waals surface area contributed by atoms with Crippen LogP contribution in [0.3, 0.4) is 0 Å². The van der Waals surface area contributed by atoms with Crippen molar-refractivity contribution >= 4 is 0 Å². The van der Waals surface area contributed by atoms with E-state index in [4.69, 9.17) is 5.73 Å². The zero-order chi connectivity index (χ0) is 13.8. The number of hydrogen-bond acceptors (Lipinski definition) is 1. The Balaban J connectivity index is 2.00. The molecule has 19 heavy (non-hydrogen) atoms. The van der Waals surface area contributed by atoms with E-state index in [9.17, 15) is 0 Å². The molecule has 0 fully saturated rings. The van der Waals surface area contributed by atoms with Crippen molar-refractivity contribution in [2.45, 2.75) is 39.7 Å². The fourth-order valence-electron chi connectivity index (χ4n) is 2.59. The average molecular weight is 253 g/mol. The summed E-state index contributed by atoms with van der Waals surface area (Å²) in [5.74, 6) is 0. The van der Waals surface area contributed by atoms with Crippen molar-refractivity contribution in [3.63, 3.8) is 0 Å². The second-order valence-corrected chi connectivity index (χ2v) is 5.65. The molecular weight excluding hydrogens is 230 g/mol. The molecule has 0 saturated heterocycles. The first kappa shape index (κ1) is 13.8. The molecule has 2 aromatic carbocycles. The summed E-state index contributed by atoms with van der Waals surface area (Å²) >= 11 is 0. The minimum atomic E-state index is 0.184. The summed E-state index contributed by atoms with van der Waals surface area (Å²) in [6, 6.07) is 15.5. The minimum Gasteiger partial charge on any atom is -0.327 e. The summed E-state index contributed by atoms with van der Waals surface area (Å²) in [4.78, 5) is 0. The van der Waals surface area contributed by atoms with Gasteiger partial charge in [-0.1, -0.05) is 59.2 Å². The molecule has 0 heterocycles. The van der Waals surface area contributed by atoms with Crippen molar-refractivity contribution in [3.05, 3.63) is 70.3 Å².